The summed E-state index contributed by atoms with van der Waals surface area (Å²) in [6.45, 7) is 0.602. The number of carbonyl (C=O) groups excluding carboxylic acids is 3. The first-order valence-corrected chi connectivity index (χ1v) is 9.42. The van der Waals surface area contributed by atoms with Crippen molar-refractivity contribution >= 4 is 33.7 Å². The number of hydrogen-bond donors (Lipinski definition) is 1. The maximum Gasteiger partial charge on any atom is 0.261 e. The Hall–Kier alpha value is -2.54. The van der Waals surface area contributed by atoms with Crippen LogP contribution in [-0.2, 0) is 11.2 Å². The first-order chi connectivity index (χ1) is 13.0. The van der Waals surface area contributed by atoms with Gasteiger partial charge in [-0.05, 0) is 48.7 Å². The van der Waals surface area contributed by atoms with E-state index in [4.69, 9.17) is 0 Å². The summed E-state index contributed by atoms with van der Waals surface area (Å²) in [6.07, 6.45) is 1.13. The van der Waals surface area contributed by atoms with Gasteiger partial charge in [0.2, 0.25) is 5.91 Å². The SMILES string of the molecule is O=C(CCCN1C(=O)c2ccc(Br)cc2C1=O)NCCc1cccc(F)c1. The van der Waals surface area contributed by atoms with E-state index in [1.807, 2.05) is 0 Å². The van der Waals surface area contributed by atoms with Crippen molar-refractivity contribution in [2.24, 2.45) is 0 Å². The van der Waals surface area contributed by atoms with Crippen molar-refractivity contribution in [1.29, 1.82) is 0 Å². The minimum atomic E-state index is -0.331. The number of amides is 3. The molecular weight excluding hydrogens is 415 g/mol. The lowest BCUT2D eigenvalue weighted by molar-refractivity contribution is -0.121. The van der Waals surface area contributed by atoms with Gasteiger partial charge in [-0.2, -0.15) is 0 Å². The molecule has 0 unspecified atom stereocenters. The Balaban J connectivity index is 1.43. The molecule has 140 valence electrons. The third-order valence-corrected chi connectivity index (χ3v) is 4.84. The second-order valence-corrected chi connectivity index (χ2v) is 7.20. The van der Waals surface area contributed by atoms with Gasteiger partial charge >= 0.3 is 0 Å². The van der Waals surface area contributed by atoms with E-state index in [9.17, 15) is 18.8 Å². The second-order valence-electron chi connectivity index (χ2n) is 6.29. The number of imide groups is 1. The smallest absolute Gasteiger partial charge is 0.261 e. The van der Waals surface area contributed by atoms with E-state index >= 15 is 0 Å². The van der Waals surface area contributed by atoms with Crippen LogP contribution in [0.2, 0.25) is 0 Å². The van der Waals surface area contributed by atoms with E-state index in [0.29, 0.717) is 30.5 Å². The van der Waals surface area contributed by atoms with E-state index in [0.717, 1.165) is 10.0 Å². The van der Waals surface area contributed by atoms with Crippen molar-refractivity contribution in [3.8, 4) is 0 Å². The van der Waals surface area contributed by atoms with Crippen molar-refractivity contribution in [3.05, 3.63) is 69.4 Å². The predicted octanol–water partition coefficient (Wildman–Crippen LogP) is 3.32. The summed E-state index contributed by atoms with van der Waals surface area (Å²) in [5.41, 5.74) is 1.59. The summed E-state index contributed by atoms with van der Waals surface area (Å²) in [4.78, 5) is 37.8. The zero-order valence-electron chi connectivity index (χ0n) is 14.5. The van der Waals surface area contributed by atoms with Crippen LogP contribution in [0.1, 0.15) is 39.1 Å². The van der Waals surface area contributed by atoms with E-state index in [-0.39, 0.29) is 36.5 Å². The van der Waals surface area contributed by atoms with Crippen molar-refractivity contribution in [2.75, 3.05) is 13.1 Å². The van der Waals surface area contributed by atoms with Crippen LogP contribution in [0.25, 0.3) is 0 Å². The fourth-order valence-corrected chi connectivity index (χ4v) is 3.35. The number of nitrogens with zero attached hydrogens (tertiary/aromatic N) is 1. The van der Waals surface area contributed by atoms with Gasteiger partial charge in [-0.25, -0.2) is 4.39 Å². The molecule has 1 aliphatic rings. The average molecular weight is 433 g/mol. The predicted molar refractivity (Wildman–Crippen MR) is 102 cm³/mol. The highest BCUT2D eigenvalue weighted by Gasteiger charge is 2.35. The molecule has 0 spiro atoms. The molecule has 0 saturated carbocycles. The zero-order chi connectivity index (χ0) is 19.4. The Morgan fingerprint density at radius 3 is 2.63 bits per heavy atom. The molecule has 1 N–H and O–H groups in total. The molecule has 1 heterocycles. The lowest BCUT2D eigenvalue weighted by Crippen LogP contribution is -2.32. The quantitative estimate of drug-likeness (QED) is 0.682. The molecule has 3 amide bonds. The van der Waals surface area contributed by atoms with Crippen molar-refractivity contribution in [3.63, 3.8) is 0 Å². The Morgan fingerprint density at radius 1 is 1.07 bits per heavy atom. The van der Waals surface area contributed by atoms with Gasteiger partial charge in [-0.3, -0.25) is 19.3 Å². The number of benzene rings is 2. The number of hydrogen-bond acceptors (Lipinski definition) is 3. The number of nitrogens with one attached hydrogen (secondary N) is 1. The maximum absolute atomic E-state index is 13.1. The maximum atomic E-state index is 13.1. The molecule has 2 aromatic rings. The van der Waals surface area contributed by atoms with Gasteiger partial charge in [-0.1, -0.05) is 28.1 Å². The molecule has 2 aromatic carbocycles. The molecule has 0 aromatic heterocycles. The highest BCUT2D eigenvalue weighted by Crippen LogP contribution is 2.26. The largest absolute Gasteiger partial charge is 0.356 e. The standard InChI is InChI=1S/C20H18BrFN2O3/c21-14-6-7-16-17(12-14)20(27)24(19(16)26)10-2-5-18(25)23-9-8-13-3-1-4-15(22)11-13/h1,3-4,6-7,11-12H,2,5,8-10H2,(H,23,25). The monoisotopic (exact) mass is 432 g/mol. The second kappa shape index (κ2) is 8.43. The zero-order valence-corrected chi connectivity index (χ0v) is 16.1. The summed E-state index contributed by atoms with van der Waals surface area (Å²) in [5, 5.41) is 2.77. The first kappa shape index (κ1) is 19.2. The minimum Gasteiger partial charge on any atom is -0.356 e. The summed E-state index contributed by atoms with van der Waals surface area (Å²) in [7, 11) is 0. The number of fused-ring (bicyclic) bond motifs is 1. The molecule has 0 aliphatic carbocycles. The van der Waals surface area contributed by atoms with Crippen LogP contribution < -0.4 is 5.32 Å². The van der Waals surface area contributed by atoms with Crippen molar-refractivity contribution in [2.45, 2.75) is 19.3 Å². The van der Waals surface area contributed by atoms with Gasteiger partial charge in [0.05, 0.1) is 11.1 Å². The Bertz CT molecular complexity index is 901. The van der Waals surface area contributed by atoms with E-state index in [1.54, 1.807) is 30.3 Å². The van der Waals surface area contributed by atoms with Crippen LogP contribution in [0.4, 0.5) is 4.39 Å². The fourth-order valence-electron chi connectivity index (χ4n) is 2.99. The van der Waals surface area contributed by atoms with Gasteiger partial charge in [0.15, 0.2) is 0 Å². The van der Waals surface area contributed by atoms with Crippen LogP contribution >= 0.6 is 15.9 Å². The fraction of sp³-hybridized carbons (Fsp3) is 0.250. The van der Waals surface area contributed by atoms with Gasteiger partial charge < -0.3 is 5.32 Å². The van der Waals surface area contributed by atoms with Gasteiger partial charge in [0.1, 0.15) is 5.82 Å². The van der Waals surface area contributed by atoms with Crippen LogP contribution in [0.15, 0.2) is 46.9 Å². The summed E-state index contributed by atoms with van der Waals surface area (Å²) < 4.78 is 13.8. The van der Waals surface area contributed by atoms with Crippen LogP contribution in [-0.4, -0.2) is 35.7 Å². The molecule has 0 atom stereocenters. The Morgan fingerprint density at radius 2 is 1.85 bits per heavy atom. The summed E-state index contributed by atoms with van der Waals surface area (Å²) in [6, 6.07) is 11.2. The van der Waals surface area contributed by atoms with Gasteiger partial charge in [0.25, 0.3) is 11.8 Å². The van der Waals surface area contributed by atoms with E-state index in [2.05, 4.69) is 21.2 Å². The lowest BCUT2D eigenvalue weighted by Gasteiger charge is -2.13. The number of halogens is 2. The molecule has 0 saturated heterocycles. The Kier molecular flexibility index (Phi) is 6.01. The van der Waals surface area contributed by atoms with Crippen LogP contribution in [0, 0.1) is 5.82 Å². The topological polar surface area (TPSA) is 66.5 Å². The molecule has 5 nitrogen and oxygen atoms in total. The molecule has 3 rings (SSSR count). The Labute approximate surface area is 164 Å². The van der Waals surface area contributed by atoms with Crippen molar-refractivity contribution < 1.29 is 18.8 Å². The van der Waals surface area contributed by atoms with Gasteiger partial charge in [0, 0.05) is 24.0 Å². The number of rotatable bonds is 7. The molecule has 0 bridgehead atoms. The molecule has 0 radical (unpaired) electrons. The molecular formula is C20H18BrFN2O3. The molecule has 27 heavy (non-hydrogen) atoms. The number of carbonyl (C=O) groups is 3. The third-order valence-electron chi connectivity index (χ3n) is 4.34. The molecule has 1 aliphatic heterocycles. The summed E-state index contributed by atoms with van der Waals surface area (Å²) >= 11 is 3.29. The lowest BCUT2D eigenvalue weighted by atomic mass is 10.1. The van der Waals surface area contributed by atoms with E-state index in [1.165, 1.54) is 17.0 Å². The highest BCUT2D eigenvalue weighted by atomic mass is 79.9. The van der Waals surface area contributed by atoms with Crippen LogP contribution in [0.5, 0.6) is 0 Å². The van der Waals surface area contributed by atoms with Crippen molar-refractivity contribution in [1.82, 2.24) is 10.2 Å². The van der Waals surface area contributed by atoms with E-state index < -0.39 is 0 Å². The summed E-state index contributed by atoms with van der Waals surface area (Å²) in [5.74, 6) is -1.12. The minimum absolute atomic E-state index is 0.161. The van der Waals surface area contributed by atoms with Crippen LogP contribution in [0.3, 0.4) is 0 Å². The first-order valence-electron chi connectivity index (χ1n) is 8.62. The molecule has 7 heteroatoms. The van der Waals surface area contributed by atoms with Gasteiger partial charge in [-0.15, -0.1) is 0 Å². The average Bonchev–Trinajstić information content (AvgIpc) is 2.86. The highest BCUT2D eigenvalue weighted by molar-refractivity contribution is 9.10. The third kappa shape index (κ3) is 4.60. The molecule has 0 fully saturated rings. The normalized spacial score (nSPS) is 13.0.